The van der Waals surface area contributed by atoms with Gasteiger partial charge in [-0.3, -0.25) is 0 Å². The van der Waals surface area contributed by atoms with Gasteiger partial charge >= 0.3 is 0 Å². The molecule has 1 aliphatic rings. The maximum absolute atomic E-state index is 5.60. The van der Waals surface area contributed by atoms with E-state index in [4.69, 9.17) is 9.72 Å². The van der Waals surface area contributed by atoms with E-state index in [1.165, 1.54) is 15.6 Å². The number of hydrogen-bond acceptors (Lipinski definition) is 4. The third-order valence-corrected chi connectivity index (χ3v) is 5.41. The lowest BCUT2D eigenvalue weighted by atomic mass is 9.85. The second-order valence-electron chi connectivity index (χ2n) is 5.57. The molecule has 3 nitrogen and oxygen atoms in total. The molecule has 19 heavy (non-hydrogen) atoms. The van der Waals surface area contributed by atoms with Gasteiger partial charge in [0.1, 0.15) is 5.01 Å². The summed E-state index contributed by atoms with van der Waals surface area (Å²) in [6, 6.07) is 0. The molecule has 0 aromatic carbocycles. The predicted octanol–water partition coefficient (Wildman–Crippen LogP) is 3.27. The van der Waals surface area contributed by atoms with Crippen molar-refractivity contribution >= 4 is 11.3 Å². The highest BCUT2D eigenvalue weighted by Crippen LogP contribution is 2.37. The van der Waals surface area contributed by atoms with Crippen LogP contribution < -0.4 is 5.32 Å². The highest BCUT2D eigenvalue weighted by atomic mass is 32.1. The van der Waals surface area contributed by atoms with Crippen molar-refractivity contribution in [2.24, 2.45) is 5.92 Å². The quantitative estimate of drug-likeness (QED) is 0.869. The van der Waals surface area contributed by atoms with E-state index in [1.54, 1.807) is 0 Å². The van der Waals surface area contributed by atoms with Crippen molar-refractivity contribution in [3.63, 3.8) is 0 Å². The first-order valence-corrected chi connectivity index (χ1v) is 8.23. The fraction of sp³-hybridized carbons (Fsp3) is 0.800. The van der Waals surface area contributed by atoms with Gasteiger partial charge in [-0.05, 0) is 39.7 Å². The van der Waals surface area contributed by atoms with Crippen molar-refractivity contribution < 1.29 is 4.74 Å². The van der Waals surface area contributed by atoms with Gasteiger partial charge in [0.15, 0.2) is 0 Å². The van der Waals surface area contributed by atoms with Crippen molar-refractivity contribution in [2.75, 3.05) is 19.8 Å². The molecule has 2 unspecified atom stereocenters. The fourth-order valence-electron chi connectivity index (χ4n) is 2.75. The van der Waals surface area contributed by atoms with Gasteiger partial charge in [-0.15, -0.1) is 11.3 Å². The number of hydrogen-bond donors (Lipinski definition) is 1. The summed E-state index contributed by atoms with van der Waals surface area (Å²) in [6.45, 7) is 11.7. The minimum atomic E-state index is -0.0324. The van der Waals surface area contributed by atoms with Gasteiger partial charge in [0, 0.05) is 17.4 Å². The molecule has 2 heterocycles. The van der Waals surface area contributed by atoms with Crippen LogP contribution >= 0.6 is 11.3 Å². The maximum atomic E-state index is 5.60. The van der Waals surface area contributed by atoms with Crippen LogP contribution in [-0.4, -0.2) is 24.7 Å². The van der Waals surface area contributed by atoms with Crippen LogP contribution in [0.3, 0.4) is 0 Å². The van der Waals surface area contributed by atoms with Crippen LogP contribution in [0.5, 0.6) is 0 Å². The first-order chi connectivity index (χ1) is 9.11. The number of aryl methyl sites for hydroxylation is 2. The van der Waals surface area contributed by atoms with Crippen molar-refractivity contribution in [1.82, 2.24) is 10.3 Å². The van der Waals surface area contributed by atoms with Crippen molar-refractivity contribution in [1.29, 1.82) is 0 Å². The number of rotatable bonds is 6. The average Bonchev–Trinajstić information content (AvgIpc) is 3.05. The highest BCUT2D eigenvalue weighted by molar-refractivity contribution is 7.11. The standard InChI is InChI=1S/C15H26N2OS/c1-5-8-16-15(4,12-7-9-18-10-12)14-17-13(6-2)11(3)19-14/h12,16H,5-10H2,1-4H3. The molecule has 1 saturated heterocycles. The van der Waals surface area contributed by atoms with E-state index < -0.39 is 0 Å². The molecule has 0 spiro atoms. The number of nitrogens with zero attached hydrogens (tertiary/aromatic N) is 1. The van der Waals surface area contributed by atoms with Crippen molar-refractivity contribution in [3.8, 4) is 0 Å². The molecular formula is C15H26N2OS. The third kappa shape index (κ3) is 3.01. The Bertz CT molecular complexity index is 412. The monoisotopic (exact) mass is 282 g/mol. The van der Waals surface area contributed by atoms with E-state index in [0.29, 0.717) is 5.92 Å². The summed E-state index contributed by atoms with van der Waals surface area (Å²) in [7, 11) is 0. The largest absolute Gasteiger partial charge is 0.381 e. The van der Waals surface area contributed by atoms with E-state index in [2.05, 4.69) is 33.0 Å². The molecule has 108 valence electrons. The Hall–Kier alpha value is -0.450. The topological polar surface area (TPSA) is 34.2 Å². The smallest absolute Gasteiger partial charge is 0.113 e. The van der Waals surface area contributed by atoms with Crippen LogP contribution in [0, 0.1) is 12.8 Å². The van der Waals surface area contributed by atoms with Gasteiger partial charge in [-0.2, -0.15) is 0 Å². The molecule has 0 aliphatic carbocycles. The zero-order chi connectivity index (χ0) is 13.9. The van der Waals surface area contributed by atoms with Crippen LogP contribution in [0.4, 0.5) is 0 Å². The van der Waals surface area contributed by atoms with Gasteiger partial charge in [0.2, 0.25) is 0 Å². The summed E-state index contributed by atoms with van der Waals surface area (Å²) < 4.78 is 5.60. The van der Waals surface area contributed by atoms with Crippen LogP contribution in [-0.2, 0) is 16.7 Å². The summed E-state index contributed by atoms with van der Waals surface area (Å²) in [4.78, 5) is 6.26. The van der Waals surface area contributed by atoms with Crippen LogP contribution in [0.1, 0.15) is 49.2 Å². The Balaban J connectivity index is 2.29. The third-order valence-electron chi connectivity index (χ3n) is 4.16. The Morgan fingerprint density at radius 3 is 2.79 bits per heavy atom. The summed E-state index contributed by atoms with van der Waals surface area (Å²) >= 11 is 1.85. The normalized spacial score (nSPS) is 22.6. The van der Waals surface area contributed by atoms with E-state index in [0.717, 1.165) is 39.0 Å². The summed E-state index contributed by atoms with van der Waals surface area (Å²) in [5.41, 5.74) is 1.22. The Morgan fingerprint density at radius 2 is 2.26 bits per heavy atom. The van der Waals surface area contributed by atoms with Crippen molar-refractivity contribution in [3.05, 3.63) is 15.6 Å². The van der Waals surface area contributed by atoms with E-state index >= 15 is 0 Å². The van der Waals surface area contributed by atoms with E-state index in [1.807, 2.05) is 11.3 Å². The molecule has 2 rings (SSSR count). The first kappa shape index (κ1) is 14.9. The lowest BCUT2D eigenvalue weighted by Crippen LogP contribution is -2.46. The molecule has 0 amide bonds. The van der Waals surface area contributed by atoms with Crippen LogP contribution in [0.15, 0.2) is 0 Å². The highest BCUT2D eigenvalue weighted by Gasteiger charge is 2.40. The Morgan fingerprint density at radius 1 is 1.47 bits per heavy atom. The molecule has 1 fully saturated rings. The van der Waals surface area contributed by atoms with Gasteiger partial charge in [0.25, 0.3) is 0 Å². The second-order valence-corrected chi connectivity index (χ2v) is 6.77. The molecule has 2 atom stereocenters. The lowest BCUT2D eigenvalue weighted by Gasteiger charge is -2.34. The molecule has 1 aliphatic heterocycles. The molecule has 1 N–H and O–H groups in total. The molecule has 4 heteroatoms. The molecule has 0 saturated carbocycles. The summed E-state index contributed by atoms with van der Waals surface area (Å²) in [5, 5.41) is 4.98. The maximum Gasteiger partial charge on any atom is 0.113 e. The second kappa shape index (κ2) is 6.33. The number of nitrogens with one attached hydrogen (secondary N) is 1. The van der Waals surface area contributed by atoms with E-state index in [9.17, 15) is 0 Å². The van der Waals surface area contributed by atoms with Crippen LogP contribution in [0.2, 0.25) is 0 Å². The summed E-state index contributed by atoms with van der Waals surface area (Å²) in [6.07, 6.45) is 3.30. The fourth-order valence-corrected chi connectivity index (χ4v) is 3.95. The predicted molar refractivity (Wildman–Crippen MR) is 80.8 cm³/mol. The van der Waals surface area contributed by atoms with Gasteiger partial charge in [-0.25, -0.2) is 4.98 Å². The molecular weight excluding hydrogens is 256 g/mol. The zero-order valence-electron chi connectivity index (χ0n) is 12.6. The summed E-state index contributed by atoms with van der Waals surface area (Å²) in [5.74, 6) is 0.536. The first-order valence-electron chi connectivity index (χ1n) is 7.41. The molecule has 0 bridgehead atoms. The lowest BCUT2D eigenvalue weighted by molar-refractivity contribution is 0.152. The van der Waals surface area contributed by atoms with Crippen molar-refractivity contribution in [2.45, 2.75) is 52.5 Å². The Kier molecular flexibility index (Phi) is 4.98. The number of aromatic nitrogens is 1. The van der Waals surface area contributed by atoms with Gasteiger partial charge in [0.05, 0.1) is 17.8 Å². The van der Waals surface area contributed by atoms with Crippen LogP contribution in [0.25, 0.3) is 0 Å². The zero-order valence-corrected chi connectivity index (χ0v) is 13.4. The molecule has 0 radical (unpaired) electrons. The van der Waals surface area contributed by atoms with Gasteiger partial charge in [-0.1, -0.05) is 13.8 Å². The Labute approximate surface area is 120 Å². The molecule has 1 aromatic heterocycles. The minimum absolute atomic E-state index is 0.0324. The number of ether oxygens (including phenoxy) is 1. The number of thiazole rings is 1. The van der Waals surface area contributed by atoms with E-state index in [-0.39, 0.29) is 5.54 Å². The SMILES string of the molecule is CCCNC(C)(c1nc(CC)c(C)s1)C1CCOC1. The van der Waals surface area contributed by atoms with Gasteiger partial charge < -0.3 is 10.1 Å². The average molecular weight is 282 g/mol. The minimum Gasteiger partial charge on any atom is -0.381 e. The molecule has 1 aromatic rings.